The fourth-order valence-corrected chi connectivity index (χ4v) is 4.17. The van der Waals surface area contributed by atoms with Crippen molar-refractivity contribution in [1.29, 1.82) is 0 Å². The smallest absolute Gasteiger partial charge is 0.255 e. The van der Waals surface area contributed by atoms with Crippen molar-refractivity contribution in [1.82, 2.24) is 0 Å². The maximum Gasteiger partial charge on any atom is 0.255 e. The summed E-state index contributed by atoms with van der Waals surface area (Å²) in [5.41, 5.74) is 2.71. The Morgan fingerprint density at radius 1 is 1.04 bits per heavy atom. The number of sulfone groups is 1. The average molecular weight is 400 g/mol. The molecule has 0 aliphatic heterocycles. The van der Waals surface area contributed by atoms with Gasteiger partial charge >= 0.3 is 0 Å². The molecular formula is C18H19Cl2NO3S. The van der Waals surface area contributed by atoms with Gasteiger partial charge in [0.25, 0.3) is 5.91 Å². The third-order valence-electron chi connectivity index (χ3n) is 3.91. The Bertz CT molecular complexity index is 924. The number of halogens is 2. The molecule has 1 N–H and O–H groups in total. The highest BCUT2D eigenvalue weighted by molar-refractivity contribution is 7.90. The third kappa shape index (κ3) is 4.35. The highest BCUT2D eigenvalue weighted by Crippen LogP contribution is 2.30. The summed E-state index contributed by atoms with van der Waals surface area (Å²) in [4.78, 5) is 12.6. The van der Waals surface area contributed by atoms with Crippen LogP contribution in [0.5, 0.6) is 0 Å². The van der Waals surface area contributed by atoms with Crippen molar-refractivity contribution in [2.24, 2.45) is 0 Å². The molecule has 0 saturated heterocycles. The highest BCUT2D eigenvalue weighted by Gasteiger charge is 2.18. The van der Waals surface area contributed by atoms with Gasteiger partial charge in [0.15, 0.2) is 9.84 Å². The van der Waals surface area contributed by atoms with E-state index in [4.69, 9.17) is 23.2 Å². The lowest BCUT2D eigenvalue weighted by Gasteiger charge is -2.16. The van der Waals surface area contributed by atoms with Gasteiger partial charge in [-0.05, 0) is 48.2 Å². The molecular weight excluding hydrogens is 381 g/mol. The van der Waals surface area contributed by atoms with Gasteiger partial charge in [0.2, 0.25) is 0 Å². The molecule has 7 heteroatoms. The van der Waals surface area contributed by atoms with E-state index in [0.717, 1.165) is 23.8 Å². The minimum Gasteiger partial charge on any atom is -0.321 e. The van der Waals surface area contributed by atoms with E-state index in [1.807, 2.05) is 26.0 Å². The lowest BCUT2D eigenvalue weighted by atomic mass is 10.0. The van der Waals surface area contributed by atoms with Crippen molar-refractivity contribution in [2.45, 2.75) is 31.6 Å². The van der Waals surface area contributed by atoms with Crippen molar-refractivity contribution in [3.8, 4) is 0 Å². The molecule has 2 aromatic carbocycles. The molecule has 0 aliphatic carbocycles. The topological polar surface area (TPSA) is 63.2 Å². The van der Waals surface area contributed by atoms with Gasteiger partial charge in [-0.25, -0.2) is 8.42 Å². The van der Waals surface area contributed by atoms with Gasteiger partial charge in [0, 0.05) is 22.5 Å². The number of nitrogens with one attached hydrogen (secondary N) is 1. The lowest BCUT2D eigenvalue weighted by molar-refractivity contribution is 0.102. The van der Waals surface area contributed by atoms with Crippen LogP contribution in [0.3, 0.4) is 0 Å². The molecule has 0 aromatic heterocycles. The molecule has 2 rings (SSSR count). The van der Waals surface area contributed by atoms with Gasteiger partial charge in [-0.2, -0.15) is 0 Å². The summed E-state index contributed by atoms with van der Waals surface area (Å²) >= 11 is 12.2. The fourth-order valence-electron chi connectivity index (χ4n) is 2.58. The van der Waals surface area contributed by atoms with Crippen LogP contribution in [0.2, 0.25) is 10.0 Å². The van der Waals surface area contributed by atoms with Gasteiger partial charge < -0.3 is 5.32 Å². The van der Waals surface area contributed by atoms with Gasteiger partial charge in [-0.1, -0.05) is 43.1 Å². The SMILES string of the molecule is CCc1ccc(Cl)c(CC)c1NC(=O)c1ccc(Cl)c(S(C)(=O)=O)c1. The van der Waals surface area contributed by atoms with Crippen LogP contribution in [0.1, 0.15) is 35.3 Å². The molecule has 25 heavy (non-hydrogen) atoms. The number of amides is 1. The summed E-state index contributed by atoms with van der Waals surface area (Å²) in [5.74, 6) is -0.409. The van der Waals surface area contributed by atoms with Crippen molar-refractivity contribution in [2.75, 3.05) is 11.6 Å². The summed E-state index contributed by atoms with van der Waals surface area (Å²) < 4.78 is 23.6. The monoisotopic (exact) mass is 399 g/mol. The third-order valence-corrected chi connectivity index (χ3v) is 5.84. The first-order valence-electron chi connectivity index (χ1n) is 7.80. The number of rotatable bonds is 5. The highest BCUT2D eigenvalue weighted by atomic mass is 35.5. The number of aryl methyl sites for hydroxylation is 1. The molecule has 0 atom stereocenters. The second-order valence-electron chi connectivity index (χ2n) is 5.64. The molecule has 0 aliphatic rings. The van der Waals surface area contributed by atoms with Crippen molar-refractivity contribution in [3.05, 3.63) is 57.1 Å². The molecule has 0 radical (unpaired) electrons. The van der Waals surface area contributed by atoms with Crippen LogP contribution in [-0.2, 0) is 22.7 Å². The Hall–Kier alpha value is -1.56. The molecule has 2 aromatic rings. The number of hydrogen-bond acceptors (Lipinski definition) is 3. The van der Waals surface area contributed by atoms with Gasteiger partial charge in [0.1, 0.15) is 0 Å². The zero-order valence-corrected chi connectivity index (χ0v) is 16.5. The molecule has 0 unspecified atom stereocenters. The molecule has 0 heterocycles. The Balaban J connectivity index is 2.47. The molecule has 4 nitrogen and oxygen atoms in total. The van der Waals surface area contributed by atoms with Crippen molar-refractivity contribution < 1.29 is 13.2 Å². The van der Waals surface area contributed by atoms with Crippen LogP contribution in [0.25, 0.3) is 0 Å². The Kier molecular flexibility index (Phi) is 6.14. The van der Waals surface area contributed by atoms with Crippen LogP contribution >= 0.6 is 23.2 Å². The minimum atomic E-state index is -3.53. The Morgan fingerprint density at radius 2 is 1.68 bits per heavy atom. The van der Waals surface area contributed by atoms with E-state index in [9.17, 15) is 13.2 Å². The summed E-state index contributed by atoms with van der Waals surface area (Å²) in [5, 5.41) is 3.55. The summed E-state index contributed by atoms with van der Waals surface area (Å²) in [7, 11) is -3.53. The zero-order valence-electron chi connectivity index (χ0n) is 14.2. The summed E-state index contributed by atoms with van der Waals surface area (Å²) in [6.07, 6.45) is 2.45. The van der Waals surface area contributed by atoms with Gasteiger partial charge in [-0.15, -0.1) is 0 Å². The minimum absolute atomic E-state index is 0.0701. The first kappa shape index (κ1) is 19.8. The number of benzene rings is 2. The zero-order chi connectivity index (χ0) is 18.8. The number of hydrogen-bond donors (Lipinski definition) is 1. The number of anilines is 1. The van der Waals surface area contributed by atoms with E-state index in [0.29, 0.717) is 17.1 Å². The molecule has 134 valence electrons. The van der Waals surface area contributed by atoms with Crippen molar-refractivity contribution >= 4 is 44.6 Å². The molecule has 1 amide bonds. The van der Waals surface area contributed by atoms with Crippen LogP contribution in [0.15, 0.2) is 35.2 Å². The second-order valence-corrected chi connectivity index (χ2v) is 8.44. The molecule has 0 fully saturated rings. The van der Waals surface area contributed by atoms with Gasteiger partial charge in [-0.3, -0.25) is 4.79 Å². The standard InChI is InChI=1S/C18H19Cl2NO3S/c1-4-11-6-8-14(19)13(5-2)17(11)21-18(22)12-7-9-15(20)16(10-12)25(3,23)24/h6-10H,4-5H2,1-3H3,(H,21,22). The second kappa shape index (κ2) is 7.77. The van der Waals surface area contributed by atoms with Crippen LogP contribution in [0, 0.1) is 0 Å². The number of carbonyl (C=O) groups excluding carboxylic acids is 1. The quantitative estimate of drug-likeness (QED) is 0.786. The first-order valence-corrected chi connectivity index (χ1v) is 10.4. The van der Waals surface area contributed by atoms with Crippen LogP contribution in [-0.4, -0.2) is 20.6 Å². The lowest BCUT2D eigenvalue weighted by Crippen LogP contribution is -2.16. The predicted octanol–water partition coefficient (Wildman–Crippen LogP) is 4.77. The Labute approximate surface area is 158 Å². The fraction of sp³-hybridized carbons (Fsp3) is 0.278. The predicted molar refractivity (Wildman–Crippen MR) is 103 cm³/mol. The normalized spacial score (nSPS) is 11.4. The number of carbonyl (C=O) groups is 1. The molecule has 0 saturated carbocycles. The molecule has 0 spiro atoms. The van der Waals surface area contributed by atoms with Gasteiger partial charge in [0.05, 0.1) is 9.92 Å². The Morgan fingerprint density at radius 3 is 2.24 bits per heavy atom. The van der Waals surface area contributed by atoms with E-state index in [1.54, 1.807) is 0 Å². The summed E-state index contributed by atoms with van der Waals surface area (Å²) in [6.45, 7) is 3.95. The van der Waals surface area contributed by atoms with Crippen LogP contribution < -0.4 is 5.32 Å². The maximum absolute atomic E-state index is 12.7. The van der Waals surface area contributed by atoms with Crippen molar-refractivity contribution in [3.63, 3.8) is 0 Å². The van der Waals surface area contributed by atoms with E-state index in [-0.39, 0.29) is 15.5 Å². The largest absolute Gasteiger partial charge is 0.321 e. The van der Waals surface area contributed by atoms with E-state index in [2.05, 4.69) is 5.32 Å². The average Bonchev–Trinajstić information content (AvgIpc) is 2.54. The first-order chi connectivity index (χ1) is 11.7. The maximum atomic E-state index is 12.7. The van der Waals surface area contributed by atoms with E-state index >= 15 is 0 Å². The van der Waals surface area contributed by atoms with E-state index in [1.165, 1.54) is 18.2 Å². The van der Waals surface area contributed by atoms with Crippen LogP contribution in [0.4, 0.5) is 5.69 Å². The molecule has 0 bridgehead atoms. The van der Waals surface area contributed by atoms with E-state index < -0.39 is 15.7 Å². The summed E-state index contributed by atoms with van der Waals surface area (Å²) in [6, 6.07) is 7.88.